The molecule has 3 rings (SSSR count). The topological polar surface area (TPSA) is 64.3 Å². The largest absolute Gasteiger partial charge is 0.477 e. The maximum Gasteiger partial charge on any atom is 0.241 e. The number of hydrogen-bond donors (Lipinski definition) is 0. The first-order valence-electron chi connectivity index (χ1n) is 8.00. The number of aromatic nitrogens is 3. The van der Waals surface area contributed by atoms with Gasteiger partial charge in [-0.25, -0.2) is 4.98 Å². The van der Waals surface area contributed by atoms with Crippen LogP contribution in [0.1, 0.15) is 38.5 Å². The molecule has 6 nitrogen and oxygen atoms in total. The van der Waals surface area contributed by atoms with Gasteiger partial charge < -0.3 is 9.26 Å². The van der Waals surface area contributed by atoms with E-state index >= 15 is 0 Å². The Bertz CT molecular complexity index is 591. The van der Waals surface area contributed by atoms with E-state index in [0.717, 1.165) is 25.2 Å². The number of pyridine rings is 1. The summed E-state index contributed by atoms with van der Waals surface area (Å²) in [5, 5.41) is 4.09. The van der Waals surface area contributed by atoms with Crippen molar-refractivity contribution >= 4 is 0 Å². The highest BCUT2D eigenvalue weighted by Crippen LogP contribution is 2.25. The molecule has 1 aliphatic heterocycles. The van der Waals surface area contributed by atoms with Gasteiger partial charge in [-0.15, -0.1) is 0 Å². The predicted molar refractivity (Wildman–Crippen MR) is 82.4 cm³/mol. The van der Waals surface area contributed by atoms with Crippen LogP contribution in [-0.2, 0) is 6.54 Å². The minimum absolute atomic E-state index is 0.543. The molecule has 0 saturated carbocycles. The van der Waals surface area contributed by atoms with Crippen molar-refractivity contribution in [2.75, 3.05) is 19.7 Å². The third kappa shape index (κ3) is 3.62. The van der Waals surface area contributed by atoms with Crippen molar-refractivity contribution in [3.8, 4) is 17.3 Å². The molecular weight excluding hydrogens is 280 g/mol. The fraction of sp³-hybridized carbons (Fsp3) is 0.562. The lowest BCUT2D eigenvalue weighted by Crippen LogP contribution is -2.24. The summed E-state index contributed by atoms with van der Waals surface area (Å²) in [6, 6.07) is 3.75. The zero-order valence-corrected chi connectivity index (χ0v) is 13.0. The van der Waals surface area contributed by atoms with Crippen LogP contribution in [0.3, 0.4) is 0 Å². The highest BCUT2D eigenvalue weighted by Gasteiger charge is 2.17. The highest BCUT2D eigenvalue weighted by molar-refractivity contribution is 5.60. The highest BCUT2D eigenvalue weighted by atomic mass is 16.5. The van der Waals surface area contributed by atoms with Crippen LogP contribution in [0.4, 0.5) is 0 Å². The fourth-order valence-electron chi connectivity index (χ4n) is 2.73. The molecule has 0 aromatic carbocycles. The third-order valence-corrected chi connectivity index (χ3v) is 3.82. The number of hydrogen-bond acceptors (Lipinski definition) is 6. The van der Waals surface area contributed by atoms with Crippen molar-refractivity contribution in [1.29, 1.82) is 0 Å². The SMILES string of the molecule is CCOc1ncccc1-c1noc(CN2CCCCCC2)n1. The van der Waals surface area contributed by atoms with Gasteiger partial charge in [-0.2, -0.15) is 4.98 Å². The number of ether oxygens (including phenoxy) is 1. The zero-order valence-electron chi connectivity index (χ0n) is 13.0. The molecule has 1 fully saturated rings. The summed E-state index contributed by atoms with van der Waals surface area (Å²) in [7, 11) is 0. The Labute approximate surface area is 130 Å². The van der Waals surface area contributed by atoms with Crippen LogP contribution in [0.15, 0.2) is 22.9 Å². The van der Waals surface area contributed by atoms with Crippen molar-refractivity contribution in [2.45, 2.75) is 39.2 Å². The van der Waals surface area contributed by atoms with Gasteiger partial charge in [0.2, 0.25) is 17.6 Å². The Kier molecular flexibility index (Phi) is 5.00. The minimum atomic E-state index is 0.543. The molecule has 22 heavy (non-hydrogen) atoms. The van der Waals surface area contributed by atoms with Gasteiger partial charge in [0.05, 0.1) is 18.7 Å². The standard InChI is InChI=1S/C16H22N4O2/c1-2-21-16-13(8-7-9-17-16)15-18-14(22-19-15)12-20-10-5-3-4-6-11-20/h7-9H,2-6,10-12H2,1H3. The average Bonchev–Trinajstić information content (AvgIpc) is 2.84. The molecule has 1 saturated heterocycles. The molecule has 6 heteroatoms. The Morgan fingerprint density at radius 2 is 2.05 bits per heavy atom. The Hall–Kier alpha value is -1.95. The second-order valence-electron chi connectivity index (χ2n) is 5.49. The first-order valence-corrected chi connectivity index (χ1v) is 8.00. The first kappa shape index (κ1) is 15.0. The van der Waals surface area contributed by atoms with Crippen molar-refractivity contribution in [3.63, 3.8) is 0 Å². The molecule has 2 aromatic heterocycles. The van der Waals surface area contributed by atoms with E-state index < -0.39 is 0 Å². The van der Waals surface area contributed by atoms with Gasteiger partial charge in [0.15, 0.2) is 0 Å². The van der Waals surface area contributed by atoms with E-state index in [1.54, 1.807) is 6.20 Å². The van der Waals surface area contributed by atoms with E-state index in [4.69, 9.17) is 9.26 Å². The maximum absolute atomic E-state index is 5.52. The summed E-state index contributed by atoms with van der Waals surface area (Å²) in [6.07, 6.45) is 6.83. The van der Waals surface area contributed by atoms with Crippen molar-refractivity contribution in [1.82, 2.24) is 20.0 Å². The quantitative estimate of drug-likeness (QED) is 0.846. The van der Waals surface area contributed by atoms with Crippen LogP contribution in [0.25, 0.3) is 11.4 Å². The number of nitrogens with zero attached hydrogens (tertiary/aromatic N) is 4. The van der Waals surface area contributed by atoms with Crippen LogP contribution < -0.4 is 4.74 Å². The van der Waals surface area contributed by atoms with Crippen LogP contribution in [0.2, 0.25) is 0 Å². The number of rotatable bonds is 5. The lowest BCUT2D eigenvalue weighted by Gasteiger charge is -2.16. The molecule has 0 aliphatic carbocycles. The van der Waals surface area contributed by atoms with Crippen LogP contribution in [0.5, 0.6) is 5.88 Å². The molecule has 2 aromatic rings. The summed E-state index contributed by atoms with van der Waals surface area (Å²) in [4.78, 5) is 11.1. The molecule has 0 spiro atoms. The van der Waals surface area contributed by atoms with Gasteiger partial charge in [0.1, 0.15) is 0 Å². The molecule has 0 atom stereocenters. The predicted octanol–water partition coefficient (Wildman–Crippen LogP) is 2.91. The van der Waals surface area contributed by atoms with Crippen LogP contribution in [-0.4, -0.2) is 39.7 Å². The maximum atomic E-state index is 5.52. The molecule has 0 radical (unpaired) electrons. The molecule has 0 N–H and O–H groups in total. The lowest BCUT2D eigenvalue weighted by atomic mass is 10.2. The van der Waals surface area contributed by atoms with Gasteiger partial charge in [0, 0.05) is 6.20 Å². The Balaban J connectivity index is 1.73. The molecule has 0 amide bonds. The Morgan fingerprint density at radius 3 is 2.82 bits per heavy atom. The van der Waals surface area contributed by atoms with E-state index in [0.29, 0.717) is 24.2 Å². The van der Waals surface area contributed by atoms with Gasteiger partial charge in [-0.05, 0) is 45.0 Å². The van der Waals surface area contributed by atoms with E-state index in [1.165, 1.54) is 25.7 Å². The zero-order chi connectivity index (χ0) is 15.2. The normalized spacial score (nSPS) is 16.4. The van der Waals surface area contributed by atoms with Crippen molar-refractivity contribution in [2.24, 2.45) is 0 Å². The van der Waals surface area contributed by atoms with Crippen LogP contribution >= 0.6 is 0 Å². The van der Waals surface area contributed by atoms with E-state index in [-0.39, 0.29) is 0 Å². The van der Waals surface area contributed by atoms with Gasteiger partial charge in [0.25, 0.3) is 0 Å². The van der Waals surface area contributed by atoms with Gasteiger partial charge in [-0.1, -0.05) is 18.0 Å². The minimum Gasteiger partial charge on any atom is -0.477 e. The second kappa shape index (κ2) is 7.35. The van der Waals surface area contributed by atoms with Crippen molar-refractivity contribution < 1.29 is 9.26 Å². The average molecular weight is 302 g/mol. The second-order valence-corrected chi connectivity index (χ2v) is 5.49. The summed E-state index contributed by atoms with van der Waals surface area (Å²) in [6.45, 7) is 5.42. The fourth-order valence-corrected chi connectivity index (χ4v) is 2.73. The first-order chi connectivity index (χ1) is 10.9. The van der Waals surface area contributed by atoms with Crippen LogP contribution in [0, 0.1) is 0 Å². The molecule has 0 bridgehead atoms. The Morgan fingerprint density at radius 1 is 1.23 bits per heavy atom. The summed E-state index contributed by atoms with van der Waals surface area (Å²) in [5.74, 6) is 1.75. The summed E-state index contributed by atoms with van der Waals surface area (Å²) < 4.78 is 10.9. The summed E-state index contributed by atoms with van der Waals surface area (Å²) >= 11 is 0. The monoisotopic (exact) mass is 302 g/mol. The molecule has 1 aliphatic rings. The van der Waals surface area contributed by atoms with Crippen molar-refractivity contribution in [3.05, 3.63) is 24.2 Å². The lowest BCUT2D eigenvalue weighted by molar-refractivity contribution is 0.234. The smallest absolute Gasteiger partial charge is 0.241 e. The number of likely N-dealkylation sites (tertiary alicyclic amines) is 1. The van der Waals surface area contributed by atoms with E-state index in [1.807, 2.05) is 19.1 Å². The summed E-state index contributed by atoms with van der Waals surface area (Å²) in [5.41, 5.74) is 0.773. The van der Waals surface area contributed by atoms with Gasteiger partial charge >= 0.3 is 0 Å². The molecule has 3 heterocycles. The molecule has 118 valence electrons. The molecular formula is C16H22N4O2. The van der Waals surface area contributed by atoms with E-state index in [9.17, 15) is 0 Å². The van der Waals surface area contributed by atoms with E-state index in [2.05, 4.69) is 20.0 Å². The molecule has 0 unspecified atom stereocenters. The third-order valence-electron chi connectivity index (χ3n) is 3.82. The van der Waals surface area contributed by atoms with Gasteiger partial charge in [-0.3, -0.25) is 4.90 Å².